The highest BCUT2D eigenvalue weighted by atomic mass is 79.9. The van der Waals surface area contributed by atoms with Gasteiger partial charge in [-0.3, -0.25) is 4.90 Å². The molecule has 3 nitrogen and oxygen atoms in total. The summed E-state index contributed by atoms with van der Waals surface area (Å²) in [6.45, 7) is 8.30. The molecule has 2 rings (SSSR count). The fraction of sp³-hybridized carbons (Fsp3) is 0.538. The number of nitrogens with zero attached hydrogens (tertiary/aromatic N) is 1. The van der Waals surface area contributed by atoms with Gasteiger partial charge in [0, 0.05) is 37.2 Å². The van der Waals surface area contributed by atoms with Crippen LogP contribution in [0.4, 0.5) is 0 Å². The molecule has 0 aliphatic carbocycles. The number of halogens is 1. The van der Waals surface area contributed by atoms with E-state index in [1.165, 1.54) is 5.56 Å². The number of aryl methyl sites for hydroxylation is 1. The van der Waals surface area contributed by atoms with Gasteiger partial charge >= 0.3 is 0 Å². The van der Waals surface area contributed by atoms with E-state index in [9.17, 15) is 0 Å². The van der Waals surface area contributed by atoms with Crippen molar-refractivity contribution in [3.8, 4) is 5.75 Å². The van der Waals surface area contributed by atoms with Gasteiger partial charge in [0.1, 0.15) is 12.4 Å². The Morgan fingerprint density at radius 2 is 2.12 bits per heavy atom. The van der Waals surface area contributed by atoms with Crippen molar-refractivity contribution in [1.82, 2.24) is 10.2 Å². The SMILES string of the molecule is Cc1cc(OCCN2CCNCC2)ccc1Br. The largest absolute Gasteiger partial charge is 0.492 e. The molecule has 1 N–H and O–H groups in total. The molecule has 0 saturated carbocycles. The number of hydrogen-bond donors (Lipinski definition) is 1. The molecule has 1 aromatic carbocycles. The lowest BCUT2D eigenvalue weighted by Crippen LogP contribution is -2.44. The normalized spacial score (nSPS) is 17.1. The molecule has 1 saturated heterocycles. The number of rotatable bonds is 4. The Hall–Kier alpha value is -0.580. The van der Waals surface area contributed by atoms with Crippen LogP contribution in [-0.4, -0.2) is 44.2 Å². The molecule has 0 amide bonds. The third-order valence-electron chi connectivity index (χ3n) is 3.02. The summed E-state index contributed by atoms with van der Waals surface area (Å²) in [5.74, 6) is 0.959. The number of nitrogens with one attached hydrogen (secondary N) is 1. The maximum Gasteiger partial charge on any atom is 0.119 e. The van der Waals surface area contributed by atoms with Crippen LogP contribution in [0.25, 0.3) is 0 Å². The molecule has 4 heteroatoms. The third kappa shape index (κ3) is 3.98. The first-order chi connectivity index (χ1) is 8.25. The quantitative estimate of drug-likeness (QED) is 0.921. The smallest absolute Gasteiger partial charge is 0.119 e. The van der Waals surface area contributed by atoms with Crippen LogP contribution in [0.1, 0.15) is 5.56 Å². The summed E-state index contributed by atoms with van der Waals surface area (Å²) in [7, 11) is 0. The maximum atomic E-state index is 5.76. The summed E-state index contributed by atoms with van der Waals surface area (Å²) >= 11 is 3.49. The topological polar surface area (TPSA) is 24.5 Å². The van der Waals surface area contributed by atoms with Gasteiger partial charge in [-0.25, -0.2) is 0 Å². The monoisotopic (exact) mass is 298 g/mol. The Morgan fingerprint density at radius 1 is 1.35 bits per heavy atom. The van der Waals surface area contributed by atoms with Crippen LogP contribution in [0.5, 0.6) is 5.75 Å². The van der Waals surface area contributed by atoms with Gasteiger partial charge in [-0.05, 0) is 30.7 Å². The summed E-state index contributed by atoms with van der Waals surface area (Å²) in [5.41, 5.74) is 1.21. The Kier molecular flexibility index (Phi) is 4.83. The molecule has 0 bridgehead atoms. The van der Waals surface area contributed by atoms with Crippen LogP contribution in [0.2, 0.25) is 0 Å². The second-order valence-corrected chi connectivity index (χ2v) is 5.21. The van der Waals surface area contributed by atoms with E-state index in [0.717, 1.165) is 49.6 Å². The fourth-order valence-electron chi connectivity index (χ4n) is 1.93. The minimum atomic E-state index is 0.765. The maximum absolute atomic E-state index is 5.76. The van der Waals surface area contributed by atoms with E-state index >= 15 is 0 Å². The molecule has 0 unspecified atom stereocenters. The van der Waals surface area contributed by atoms with Crippen molar-refractivity contribution in [2.24, 2.45) is 0 Å². The molecule has 17 heavy (non-hydrogen) atoms. The molecule has 0 spiro atoms. The number of ether oxygens (including phenoxy) is 1. The van der Waals surface area contributed by atoms with Gasteiger partial charge in [-0.15, -0.1) is 0 Å². The lowest BCUT2D eigenvalue weighted by Gasteiger charge is -2.26. The molecule has 1 heterocycles. The van der Waals surface area contributed by atoms with Crippen LogP contribution in [0.3, 0.4) is 0 Å². The van der Waals surface area contributed by atoms with Gasteiger partial charge < -0.3 is 10.1 Å². The summed E-state index contributed by atoms with van der Waals surface area (Å²) in [6, 6.07) is 6.12. The second-order valence-electron chi connectivity index (χ2n) is 4.35. The number of benzene rings is 1. The van der Waals surface area contributed by atoms with E-state index in [4.69, 9.17) is 4.74 Å². The van der Waals surface area contributed by atoms with E-state index in [0.29, 0.717) is 0 Å². The predicted molar refractivity (Wildman–Crippen MR) is 73.7 cm³/mol. The molecule has 0 aromatic heterocycles. The van der Waals surface area contributed by atoms with Gasteiger partial charge in [0.2, 0.25) is 0 Å². The average molecular weight is 299 g/mol. The minimum absolute atomic E-state index is 0.765. The molecular weight excluding hydrogens is 280 g/mol. The molecule has 1 aliphatic rings. The van der Waals surface area contributed by atoms with Crippen molar-refractivity contribution in [2.45, 2.75) is 6.92 Å². The zero-order chi connectivity index (χ0) is 12.1. The van der Waals surface area contributed by atoms with Crippen molar-refractivity contribution in [3.05, 3.63) is 28.2 Å². The first-order valence-corrected chi connectivity index (χ1v) is 6.87. The van der Waals surface area contributed by atoms with Gasteiger partial charge in [-0.1, -0.05) is 15.9 Å². The third-order valence-corrected chi connectivity index (χ3v) is 3.91. The second kappa shape index (κ2) is 6.38. The first-order valence-electron chi connectivity index (χ1n) is 6.08. The lowest BCUT2D eigenvalue weighted by molar-refractivity contribution is 0.191. The van der Waals surface area contributed by atoms with Gasteiger partial charge in [-0.2, -0.15) is 0 Å². The van der Waals surface area contributed by atoms with E-state index in [1.54, 1.807) is 0 Å². The zero-order valence-electron chi connectivity index (χ0n) is 10.2. The van der Waals surface area contributed by atoms with Crippen molar-refractivity contribution in [2.75, 3.05) is 39.3 Å². The predicted octanol–water partition coefficient (Wildman–Crippen LogP) is 2.04. The van der Waals surface area contributed by atoms with E-state index in [-0.39, 0.29) is 0 Å². The average Bonchev–Trinajstić information content (AvgIpc) is 2.35. The van der Waals surface area contributed by atoms with Crippen molar-refractivity contribution in [1.29, 1.82) is 0 Å². The van der Waals surface area contributed by atoms with Crippen LogP contribution < -0.4 is 10.1 Å². The van der Waals surface area contributed by atoms with Crippen LogP contribution in [0, 0.1) is 6.92 Å². The molecule has 1 fully saturated rings. The van der Waals surface area contributed by atoms with Crippen LogP contribution in [0.15, 0.2) is 22.7 Å². The summed E-state index contributed by atoms with van der Waals surface area (Å²) in [5, 5.41) is 3.35. The lowest BCUT2D eigenvalue weighted by atomic mass is 10.2. The molecule has 1 aliphatic heterocycles. The molecule has 1 aromatic rings. The van der Waals surface area contributed by atoms with Crippen molar-refractivity contribution < 1.29 is 4.74 Å². The summed E-state index contributed by atoms with van der Waals surface area (Å²) < 4.78 is 6.89. The highest BCUT2D eigenvalue weighted by Crippen LogP contribution is 2.21. The Labute approximate surface area is 111 Å². The minimum Gasteiger partial charge on any atom is -0.492 e. The van der Waals surface area contributed by atoms with E-state index < -0.39 is 0 Å². The molecule has 0 atom stereocenters. The first kappa shape index (κ1) is 12.9. The zero-order valence-corrected chi connectivity index (χ0v) is 11.8. The highest BCUT2D eigenvalue weighted by Gasteiger charge is 2.08. The highest BCUT2D eigenvalue weighted by molar-refractivity contribution is 9.10. The molecule has 94 valence electrons. The van der Waals surface area contributed by atoms with Crippen molar-refractivity contribution in [3.63, 3.8) is 0 Å². The van der Waals surface area contributed by atoms with Gasteiger partial charge in [0.25, 0.3) is 0 Å². The molecular formula is C13H19BrN2O. The summed E-state index contributed by atoms with van der Waals surface area (Å²) in [6.07, 6.45) is 0. The van der Waals surface area contributed by atoms with E-state index in [1.807, 2.05) is 12.1 Å². The summed E-state index contributed by atoms with van der Waals surface area (Å²) in [4.78, 5) is 2.43. The van der Waals surface area contributed by atoms with Gasteiger partial charge in [0.05, 0.1) is 0 Å². The Balaban J connectivity index is 1.75. The molecule has 0 radical (unpaired) electrons. The van der Waals surface area contributed by atoms with Crippen molar-refractivity contribution >= 4 is 15.9 Å². The fourth-order valence-corrected chi connectivity index (χ4v) is 2.18. The van der Waals surface area contributed by atoms with Crippen LogP contribution >= 0.6 is 15.9 Å². The number of hydrogen-bond acceptors (Lipinski definition) is 3. The number of piperazine rings is 1. The van der Waals surface area contributed by atoms with Gasteiger partial charge in [0.15, 0.2) is 0 Å². The Bertz CT molecular complexity index is 364. The standard InChI is InChI=1S/C13H19BrN2O/c1-11-10-12(2-3-13(11)14)17-9-8-16-6-4-15-5-7-16/h2-3,10,15H,4-9H2,1H3. The van der Waals surface area contributed by atoms with E-state index in [2.05, 4.69) is 39.1 Å². The van der Waals surface area contributed by atoms with Crippen LogP contribution in [-0.2, 0) is 0 Å². The Morgan fingerprint density at radius 3 is 2.82 bits per heavy atom.